The van der Waals surface area contributed by atoms with Crippen LogP contribution < -0.4 is 5.32 Å². The van der Waals surface area contributed by atoms with Crippen molar-refractivity contribution in [3.05, 3.63) is 29.8 Å². The molecule has 0 amide bonds. The maximum absolute atomic E-state index is 12.7. The highest BCUT2D eigenvalue weighted by atomic mass is 35.5. The van der Waals surface area contributed by atoms with Crippen molar-refractivity contribution in [3.8, 4) is 0 Å². The van der Waals surface area contributed by atoms with Crippen LogP contribution in [0.4, 0.5) is 0 Å². The summed E-state index contributed by atoms with van der Waals surface area (Å²) in [6.45, 7) is 2.57. The van der Waals surface area contributed by atoms with Crippen molar-refractivity contribution in [1.82, 2.24) is 14.5 Å². The Bertz CT molecular complexity index is 555. The fourth-order valence-electron chi connectivity index (χ4n) is 2.66. The minimum absolute atomic E-state index is 0. The van der Waals surface area contributed by atoms with Crippen LogP contribution in [0.25, 0.3) is 0 Å². The molecule has 0 radical (unpaired) electrons. The molecule has 126 valence electrons. The Morgan fingerprint density at radius 1 is 1.09 bits per heavy atom. The maximum atomic E-state index is 12.7. The van der Waals surface area contributed by atoms with Crippen LogP contribution in [0, 0.1) is 0 Å². The maximum Gasteiger partial charge on any atom is 0.243 e. The summed E-state index contributed by atoms with van der Waals surface area (Å²) in [5.74, 6) is 0. The van der Waals surface area contributed by atoms with Crippen LogP contribution in [-0.2, 0) is 16.6 Å². The summed E-state index contributed by atoms with van der Waals surface area (Å²) in [5.41, 5.74) is 1.11. The van der Waals surface area contributed by atoms with Gasteiger partial charge in [-0.3, -0.25) is 0 Å². The van der Waals surface area contributed by atoms with Gasteiger partial charge in [-0.1, -0.05) is 12.1 Å². The summed E-state index contributed by atoms with van der Waals surface area (Å²) in [6.07, 6.45) is 1.74. The minimum atomic E-state index is -3.39. The van der Waals surface area contributed by atoms with Crippen molar-refractivity contribution in [2.24, 2.45) is 0 Å². The zero-order chi connectivity index (χ0) is 15.5. The topological polar surface area (TPSA) is 52.7 Å². The first-order valence-electron chi connectivity index (χ1n) is 7.33. The number of nitrogens with zero attached hydrogens (tertiary/aromatic N) is 2. The second-order valence-corrected chi connectivity index (χ2v) is 7.88. The Kier molecular flexibility index (Phi) is 7.28. The Hall–Kier alpha value is -0.660. The molecule has 0 aromatic heterocycles. The molecule has 1 aromatic carbocycles. The third kappa shape index (κ3) is 4.67. The number of benzene rings is 1. The van der Waals surface area contributed by atoms with Crippen LogP contribution in [0.3, 0.4) is 0 Å². The molecule has 1 heterocycles. The Labute approximate surface area is 140 Å². The van der Waals surface area contributed by atoms with Gasteiger partial charge in [0.2, 0.25) is 10.0 Å². The summed E-state index contributed by atoms with van der Waals surface area (Å²) in [5, 5.41) is 3.26. The zero-order valence-electron chi connectivity index (χ0n) is 13.4. The van der Waals surface area contributed by atoms with Crippen LogP contribution in [0.1, 0.15) is 18.4 Å². The molecule has 0 saturated carbocycles. The van der Waals surface area contributed by atoms with E-state index in [1.165, 1.54) is 4.31 Å². The summed E-state index contributed by atoms with van der Waals surface area (Å²) < 4.78 is 26.9. The van der Waals surface area contributed by atoms with E-state index >= 15 is 0 Å². The molecule has 1 fully saturated rings. The first kappa shape index (κ1) is 19.4. The van der Waals surface area contributed by atoms with Gasteiger partial charge >= 0.3 is 0 Å². The number of halogens is 1. The number of hydrogen-bond donors (Lipinski definition) is 1. The number of nitrogens with one attached hydrogen (secondary N) is 1. The minimum Gasteiger partial charge on any atom is -0.317 e. The van der Waals surface area contributed by atoms with E-state index in [1.54, 1.807) is 19.2 Å². The molecule has 5 nitrogen and oxygen atoms in total. The van der Waals surface area contributed by atoms with Crippen molar-refractivity contribution >= 4 is 22.4 Å². The number of rotatable bonds is 5. The summed E-state index contributed by atoms with van der Waals surface area (Å²) in [6, 6.07) is 7.31. The van der Waals surface area contributed by atoms with Gasteiger partial charge in [0.1, 0.15) is 0 Å². The summed E-state index contributed by atoms with van der Waals surface area (Å²) in [4.78, 5) is 2.44. The third-order valence-corrected chi connectivity index (χ3v) is 5.85. The first-order valence-corrected chi connectivity index (χ1v) is 8.77. The van der Waals surface area contributed by atoms with Crippen molar-refractivity contribution in [2.75, 3.05) is 34.2 Å². The third-order valence-electron chi connectivity index (χ3n) is 3.92. The average Bonchev–Trinajstić information content (AvgIpc) is 2.47. The van der Waals surface area contributed by atoms with E-state index < -0.39 is 10.0 Å². The van der Waals surface area contributed by atoms with Crippen molar-refractivity contribution < 1.29 is 8.42 Å². The molecule has 1 N–H and O–H groups in total. The van der Waals surface area contributed by atoms with E-state index in [0.717, 1.165) is 38.0 Å². The van der Waals surface area contributed by atoms with Crippen LogP contribution in [0.2, 0.25) is 0 Å². The highest BCUT2D eigenvalue weighted by Crippen LogP contribution is 2.21. The molecule has 1 aliphatic rings. The molecule has 0 bridgehead atoms. The molecular weight excluding hydrogens is 322 g/mol. The van der Waals surface area contributed by atoms with Gasteiger partial charge in [-0.15, -0.1) is 12.4 Å². The van der Waals surface area contributed by atoms with E-state index in [2.05, 4.69) is 10.2 Å². The standard InChI is InChI=1S/C15H25N3O2S.ClH/c1-17(2)12-13-4-6-15(7-5-13)21(19,20)18(3)14-8-10-16-11-9-14;/h4-7,14,16H,8-12H2,1-3H3;1H. The van der Waals surface area contributed by atoms with Gasteiger partial charge in [0.15, 0.2) is 0 Å². The van der Waals surface area contributed by atoms with E-state index in [9.17, 15) is 8.42 Å². The van der Waals surface area contributed by atoms with Gasteiger partial charge in [-0.2, -0.15) is 4.31 Å². The SMILES string of the molecule is CN(C)Cc1ccc(S(=O)(=O)N(C)C2CCNCC2)cc1.Cl. The largest absolute Gasteiger partial charge is 0.317 e. The number of sulfonamides is 1. The highest BCUT2D eigenvalue weighted by molar-refractivity contribution is 7.89. The van der Waals surface area contributed by atoms with Gasteiger partial charge in [0.05, 0.1) is 4.90 Å². The molecule has 0 unspecified atom stereocenters. The lowest BCUT2D eigenvalue weighted by atomic mass is 10.1. The van der Waals surface area contributed by atoms with Gasteiger partial charge < -0.3 is 10.2 Å². The quantitative estimate of drug-likeness (QED) is 0.878. The first-order chi connectivity index (χ1) is 9.91. The molecule has 0 spiro atoms. The summed E-state index contributed by atoms with van der Waals surface area (Å²) in [7, 11) is 2.29. The molecule has 2 rings (SSSR count). The monoisotopic (exact) mass is 347 g/mol. The van der Waals surface area contributed by atoms with Crippen LogP contribution >= 0.6 is 12.4 Å². The predicted molar refractivity (Wildman–Crippen MR) is 91.9 cm³/mol. The molecule has 1 saturated heterocycles. The molecule has 0 atom stereocenters. The van der Waals surface area contributed by atoms with Crippen LogP contribution in [0.5, 0.6) is 0 Å². The van der Waals surface area contributed by atoms with E-state index in [0.29, 0.717) is 4.90 Å². The lowest BCUT2D eigenvalue weighted by Crippen LogP contribution is -2.43. The average molecular weight is 348 g/mol. The van der Waals surface area contributed by atoms with E-state index in [4.69, 9.17) is 0 Å². The molecule has 1 aromatic rings. The predicted octanol–water partition coefficient (Wildman–Crippen LogP) is 1.54. The number of hydrogen-bond acceptors (Lipinski definition) is 4. The number of piperidine rings is 1. The fraction of sp³-hybridized carbons (Fsp3) is 0.600. The van der Waals surface area contributed by atoms with Crippen molar-refractivity contribution in [2.45, 2.75) is 30.3 Å². The molecule has 1 aliphatic heterocycles. The van der Waals surface area contributed by atoms with Gasteiger partial charge in [0.25, 0.3) is 0 Å². The molecular formula is C15H26ClN3O2S. The second-order valence-electron chi connectivity index (χ2n) is 5.88. The molecule has 0 aliphatic carbocycles. The van der Waals surface area contributed by atoms with Crippen molar-refractivity contribution in [1.29, 1.82) is 0 Å². The second kappa shape index (κ2) is 8.26. The van der Waals surface area contributed by atoms with E-state index in [1.807, 2.05) is 26.2 Å². The van der Waals surface area contributed by atoms with Crippen LogP contribution in [0.15, 0.2) is 29.2 Å². The molecule has 7 heteroatoms. The lowest BCUT2D eigenvalue weighted by molar-refractivity contribution is 0.296. The lowest BCUT2D eigenvalue weighted by Gasteiger charge is -2.30. The van der Waals surface area contributed by atoms with Gasteiger partial charge in [-0.25, -0.2) is 8.42 Å². The zero-order valence-corrected chi connectivity index (χ0v) is 15.1. The normalized spacial score (nSPS) is 16.8. The highest BCUT2D eigenvalue weighted by Gasteiger charge is 2.28. The van der Waals surface area contributed by atoms with Crippen molar-refractivity contribution in [3.63, 3.8) is 0 Å². The van der Waals surface area contributed by atoms with E-state index in [-0.39, 0.29) is 18.4 Å². The van der Waals surface area contributed by atoms with Gasteiger partial charge in [-0.05, 0) is 57.7 Å². The van der Waals surface area contributed by atoms with Crippen LogP contribution in [-0.4, -0.2) is 57.9 Å². The fourth-order valence-corrected chi connectivity index (χ4v) is 4.08. The van der Waals surface area contributed by atoms with Gasteiger partial charge in [0, 0.05) is 19.6 Å². The molecule has 22 heavy (non-hydrogen) atoms. The summed E-state index contributed by atoms with van der Waals surface area (Å²) >= 11 is 0. The Morgan fingerprint density at radius 2 is 1.64 bits per heavy atom. The smallest absolute Gasteiger partial charge is 0.243 e. The Balaban J connectivity index is 0.00000242. The Morgan fingerprint density at radius 3 is 2.14 bits per heavy atom.